The van der Waals surface area contributed by atoms with Crippen LogP contribution in [0.3, 0.4) is 0 Å². The lowest BCUT2D eigenvalue weighted by atomic mass is 10.1. The van der Waals surface area contributed by atoms with Crippen LogP contribution in [0.25, 0.3) is 0 Å². The molecule has 0 unspecified atom stereocenters. The first-order valence-corrected chi connectivity index (χ1v) is 8.62. The van der Waals surface area contributed by atoms with Crippen molar-refractivity contribution in [1.82, 2.24) is 4.72 Å². The van der Waals surface area contributed by atoms with E-state index in [4.69, 9.17) is 10.5 Å². The number of sulfonamides is 1. The molecule has 1 heterocycles. The van der Waals surface area contributed by atoms with Gasteiger partial charge >= 0.3 is 0 Å². The Morgan fingerprint density at radius 3 is 2.70 bits per heavy atom. The zero-order valence-electron chi connectivity index (χ0n) is 11.4. The standard InChI is InChI=1S/C14H20N2O3S/c15-11-8-10-4-3-7-19-14(10)13(9-11)20(17,18)16-12-5-1-2-6-12/h8-9,12,16H,1-7,15H2. The molecule has 20 heavy (non-hydrogen) atoms. The first-order valence-electron chi connectivity index (χ1n) is 7.14. The van der Waals surface area contributed by atoms with Gasteiger partial charge in [-0.15, -0.1) is 0 Å². The van der Waals surface area contributed by atoms with Gasteiger partial charge in [-0.1, -0.05) is 12.8 Å². The average molecular weight is 296 g/mol. The molecule has 1 saturated carbocycles. The van der Waals surface area contributed by atoms with E-state index in [0.29, 0.717) is 18.0 Å². The summed E-state index contributed by atoms with van der Waals surface area (Å²) in [5, 5.41) is 0. The normalized spacial score (nSPS) is 19.6. The van der Waals surface area contributed by atoms with Gasteiger partial charge in [-0.3, -0.25) is 0 Å². The molecular formula is C14H20N2O3S. The van der Waals surface area contributed by atoms with E-state index in [1.807, 2.05) is 6.07 Å². The second kappa shape index (κ2) is 5.26. The fourth-order valence-corrected chi connectivity index (χ4v) is 4.52. The minimum atomic E-state index is -3.56. The molecule has 3 N–H and O–H groups in total. The van der Waals surface area contributed by atoms with Crippen molar-refractivity contribution < 1.29 is 13.2 Å². The third kappa shape index (κ3) is 2.62. The van der Waals surface area contributed by atoms with Crippen LogP contribution >= 0.6 is 0 Å². The number of ether oxygens (including phenoxy) is 1. The zero-order chi connectivity index (χ0) is 14.2. The van der Waals surface area contributed by atoms with Gasteiger partial charge in [-0.2, -0.15) is 0 Å². The van der Waals surface area contributed by atoms with Crippen LogP contribution in [0.1, 0.15) is 37.7 Å². The molecule has 0 spiro atoms. The van der Waals surface area contributed by atoms with Crippen molar-refractivity contribution in [2.75, 3.05) is 12.3 Å². The predicted octanol–water partition coefficient (Wildman–Crippen LogP) is 1.81. The van der Waals surface area contributed by atoms with Gasteiger partial charge in [0.1, 0.15) is 10.6 Å². The molecule has 2 aliphatic rings. The molecule has 6 heteroatoms. The van der Waals surface area contributed by atoms with E-state index in [-0.39, 0.29) is 10.9 Å². The minimum Gasteiger partial charge on any atom is -0.492 e. The van der Waals surface area contributed by atoms with Gasteiger partial charge in [0.2, 0.25) is 10.0 Å². The van der Waals surface area contributed by atoms with Gasteiger partial charge in [0.15, 0.2) is 0 Å². The SMILES string of the molecule is Nc1cc2c(c(S(=O)(=O)NC3CCCC3)c1)OCCC2. The number of rotatable bonds is 3. The Bertz CT molecular complexity index is 607. The summed E-state index contributed by atoms with van der Waals surface area (Å²) in [6.07, 6.45) is 5.69. The number of fused-ring (bicyclic) bond motifs is 1. The van der Waals surface area contributed by atoms with Crippen molar-refractivity contribution >= 4 is 15.7 Å². The fourth-order valence-electron chi connectivity index (χ4n) is 3.00. The van der Waals surface area contributed by atoms with E-state index in [1.165, 1.54) is 6.07 Å². The summed E-state index contributed by atoms with van der Waals surface area (Å²) in [5.41, 5.74) is 7.20. The molecule has 1 aromatic carbocycles. The lowest BCUT2D eigenvalue weighted by molar-refractivity contribution is 0.280. The number of hydrogen-bond donors (Lipinski definition) is 2. The Kier molecular flexibility index (Phi) is 3.60. The van der Waals surface area contributed by atoms with Crippen molar-refractivity contribution in [3.05, 3.63) is 17.7 Å². The summed E-state index contributed by atoms with van der Waals surface area (Å²) in [7, 11) is -3.56. The van der Waals surface area contributed by atoms with Gasteiger partial charge < -0.3 is 10.5 Å². The van der Waals surface area contributed by atoms with Crippen molar-refractivity contribution in [3.63, 3.8) is 0 Å². The molecule has 3 rings (SSSR count). The van der Waals surface area contributed by atoms with Crippen molar-refractivity contribution in [2.24, 2.45) is 0 Å². The Hall–Kier alpha value is -1.27. The highest BCUT2D eigenvalue weighted by Crippen LogP contribution is 2.35. The summed E-state index contributed by atoms with van der Waals surface area (Å²) < 4.78 is 33.5. The molecule has 0 amide bonds. The lowest BCUT2D eigenvalue weighted by Crippen LogP contribution is -2.33. The maximum Gasteiger partial charge on any atom is 0.244 e. The summed E-state index contributed by atoms with van der Waals surface area (Å²) in [6.45, 7) is 0.558. The summed E-state index contributed by atoms with van der Waals surface area (Å²) in [5.74, 6) is 0.482. The van der Waals surface area contributed by atoms with Crippen LogP contribution in [-0.4, -0.2) is 21.1 Å². The minimum absolute atomic E-state index is 0.0423. The summed E-state index contributed by atoms with van der Waals surface area (Å²) in [6, 6.07) is 3.35. The average Bonchev–Trinajstić information content (AvgIpc) is 2.89. The number of hydrogen-bond acceptors (Lipinski definition) is 4. The maximum absolute atomic E-state index is 12.6. The van der Waals surface area contributed by atoms with Crippen molar-refractivity contribution in [2.45, 2.75) is 49.5 Å². The van der Waals surface area contributed by atoms with E-state index < -0.39 is 10.0 Å². The number of nitrogens with one attached hydrogen (secondary N) is 1. The highest BCUT2D eigenvalue weighted by Gasteiger charge is 2.28. The number of nitrogen functional groups attached to an aromatic ring is 1. The molecule has 1 aliphatic carbocycles. The van der Waals surface area contributed by atoms with E-state index in [9.17, 15) is 8.42 Å². The Morgan fingerprint density at radius 1 is 1.20 bits per heavy atom. The Morgan fingerprint density at radius 2 is 1.95 bits per heavy atom. The monoisotopic (exact) mass is 296 g/mol. The van der Waals surface area contributed by atoms with E-state index in [1.54, 1.807) is 0 Å². The second-order valence-electron chi connectivity index (χ2n) is 5.56. The Labute approximate surface area is 119 Å². The molecule has 0 atom stereocenters. The van der Waals surface area contributed by atoms with Gasteiger partial charge in [0, 0.05) is 11.7 Å². The van der Waals surface area contributed by atoms with Crippen LogP contribution in [0.5, 0.6) is 5.75 Å². The third-order valence-corrected chi connectivity index (χ3v) is 5.48. The predicted molar refractivity (Wildman–Crippen MR) is 77.2 cm³/mol. The van der Waals surface area contributed by atoms with Crippen LogP contribution in [0.2, 0.25) is 0 Å². The van der Waals surface area contributed by atoms with Gasteiger partial charge in [-0.25, -0.2) is 13.1 Å². The summed E-state index contributed by atoms with van der Waals surface area (Å²) in [4.78, 5) is 0.194. The molecule has 110 valence electrons. The zero-order valence-corrected chi connectivity index (χ0v) is 12.2. The maximum atomic E-state index is 12.6. The highest BCUT2D eigenvalue weighted by atomic mass is 32.2. The van der Waals surface area contributed by atoms with Crippen molar-refractivity contribution in [3.8, 4) is 5.75 Å². The van der Waals surface area contributed by atoms with Crippen LogP contribution in [-0.2, 0) is 16.4 Å². The lowest BCUT2D eigenvalue weighted by Gasteiger charge is -2.22. The molecule has 5 nitrogen and oxygen atoms in total. The van der Waals surface area contributed by atoms with Crippen LogP contribution in [0.15, 0.2) is 17.0 Å². The quantitative estimate of drug-likeness (QED) is 0.834. The largest absolute Gasteiger partial charge is 0.492 e. The van der Waals surface area contributed by atoms with Gasteiger partial charge in [0.25, 0.3) is 0 Å². The highest BCUT2D eigenvalue weighted by molar-refractivity contribution is 7.89. The fraction of sp³-hybridized carbons (Fsp3) is 0.571. The first-order chi connectivity index (χ1) is 9.56. The molecular weight excluding hydrogens is 276 g/mol. The smallest absolute Gasteiger partial charge is 0.244 e. The van der Waals surface area contributed by atoms with E-state index >= 15 is 0 Å². The third-order valence-electron chi connectivity index (χ3n) is 3.96. The molecule has 1 aromatic rings. The van der Waals surface area contributed by atoms with Gasteiger partial charge in [0.05, 0.1) is 6.61 Å². The molecule has 0 radical (unpaired) electrons. The molecule has 1 fully saturated rings. The molecule has 0 saturated heterocycles. The molecule has 0 bridgehead atoms. The number of aryl methyl sites for hydroxylation is 1. The molecule has 1 aliphatic heterocycles. The second-order valence-corrected chi connectivity index (χ2v) is 7.24. The molecule has 0 aromatic heterocycles. The van der Waals surface area contributed by atoms with Gasteiger partial charge in [-0.05, 0) is 43.4 Å². The van der Waals surface area contributed by atoms with Crippen LogP contribution in [0.4, 0.5) is 5.69 Å². The summed E-state index contributed by atoms with van der Waals surface area (Å²) >= 11 is 0. The van der Waals surface area contributed by atoms with E-state index in [2.05, 4.69) is 4.72 Å². The van der Waals surface area contributed by atoms with E-state index in [0.717, 1.165) is 44.1 Å². The number of benzene rings is 1. The van der Waals surface area contributed by atoms with Crippen LogP contribution in [0, 0.1) is 0 Å². The number of nitrogens with two attached hydrogens (primary N) is 1. The first kappa shape index (κ1) is 13.7. The van der Waals surface area contributed by atoms with Crippen molar-refractivity contribution in [1.29, 1.82) is 0 Å². The number of anilines is 1. The topological polar surface area (TPSA) is 81.4 Å². The Balaban J connectivity index is 1.97. The van der Waals surface area contributed by atoms with Crippen LogP contribution < -0.4 is 15.2 Å².